The van der Waals surface area contributed by atoms with Gasteiger partial charge in [-0.1, -0.05) is 18.2 Å². The van der Waals surface area contributed by atoms with E-state index in [0.29, 0.717) is 48.2 Å². The van der Waals surface area contributed by atoms with Crippen molar-refractivity contribution in [3.63, 3.8) is 0 Å². The lowest BCUT2D eigenvalue weighted by molar-refractivity contribution is 0.0508. The number of alkyl carbamates (subject to hydrolysis) is 1. The van der Waals surface area contributed by atoms with Crippen LogP contribution in [0.3, 0.4) is 0 Å². The van der Waals surface area contributed by atoms with Crippen LogP contribution in [-0.2, 0) is 9.47 Å². The zero-order valence-electron chi connectivity index (χ0n) is 23.6. The van der Waals surface area contributed by atoms with Crippen molar-refractivity contribution >= 4 is 46.9 Å². The molecule has 0 bridgehead atoms. The summed E-state index contributed by atoms with van der Waals surface area (Å²) in [5.41, 5.74) is -0.0328. The molecule has 0 radical (unpaired) electrons. The standard InChI is InChI=1S/C27H36N8O5/c1-26(2,3)39-24(37)30-18-12-13-34(16-18)20-14-21(33-25(38)40-27(4,5)6)35-22(32-20)19(15-28-35)31-23(36)29-17-10-8-7-9-11-17/h7-11,14-15,18H,12-13,16H2,1-6H3,(H,30,37)(H,33,38)(H2,29,31,36)/t18-/m0/s1. The highest BCUT2D eigenvalue weighted by atomic mass is 16.6. The summed E-state index contributed by atoms with van der Waals surface area (Å²) in [6.45, 7) is 11.8. The molecule has 0 unspecified atom stereocenters. The smallest absolute Gasteiger partial charge is 0.413 e. The van der Waals surface area contributed by atoms with Gasteiger partial charge in [0.25, 0.3) is 0 Å². The van der Waals surface area contributed by atoms with Crippen molar-refractivity contribution in [1.29, 1.82) is 0 Å². The summed E-state index contributed by atoms with van der Waals surface area (Å²) in [6, 6.07) is 10.1. The van der Waals surface area contributed by atoms with Crippen molar-refractivity contribution < 1.29 is 23.9 Å². The van der Waals surface area contributed by atoms with Crippen LogP contribution in [0.25, 0.3) is 5.65 Å². The third kappa shape index (κ3) is 7.74. The fraction of sp³-hybridized carbons (Fsp3) is 0.444. The third-order valence-corrected chi connectivity index (χ3v) is 5.60. The highest BCUT2D eigenvalue weighted by molar-refractivity contribution is 6.02. The summed E-state index contributed by atoms with van der Waals surface area (Å²) < 4.78 is 12.2. The Morgan fingerprint density at radius 3 is 2.27 bits per heavy atom. The second-order valence-electron chi connectivity index (χ2n) is 11.4. The first-order chi connectivity index (χ1) is 18.8. The van der Waals surface area contributed by atoms with Crippen molar-refractivity contribution in [2.24, 2.45) is 0 Å². The van der Waals surface area contributed by atoms with Crippen LogP contribution < -0.4 is 26.2 Å². The number of carbonyl (C=O) groups is 3. The Morgan fingerprint density at radius 1 is 0.925 bits per heavy atom. The largest absolute Gasteiger partial charge is 0.444 e. The van der Waals surface area contributed by atoms with Gasteiger partial charge in [0, 0.05) is 24.8 Å². The molecule has 4 amide bonds. The molecular weight excluding hydrogens is 516 g/mol. The maximum absolute atomic E-state index is 12.7. The van der Waals surface area contributed by atoms with E-state index in [2.05, 4.69) is 26.4 Å². The lowest BCUT2D eigenvalue weighted by Gasteiger charge is -2.23. The monoisotopic (exact) mass is 552 g/mol. The summed E-state index contributed by atoms with van der Waals surface area (Å²) in [5, 5.41) is 15.5. The molecule has 0 saturated carbocycles. The van der Waals surface area contributed by atoms with Gasteiger partial charge >= 0.3 is 18.2 Å². The number of ether oxygens (including phenoxy) is 2. The Hall–Kier alpha value is -4.55. The summed E-state index contributed by atoms with van der Waals surface area (Å²) in [5.74, 6) is 0.827. The van der Waals surface area contributed by atoms with Crippen LogP contribution in [-0.4, -0.2) is 63.1 Å². The maximum Gasteiger partial charge on any atom is 0.413 e. The Bertz CT molecular complexity index is 1380. The van der Waals surface area contributed by atoms with Gasteiger partial charge in [-0.15, -0.1) is 0 Å². The molecule has 1 atom stereocenters. The van der Waals surface area contributed by atoms with E-state index in [1.54, 1.807) is 39.0 Å². The number of nitrogens with zero attached hydrogens (tertiary/aromatic N) is 4. The highest BCUT2D eigenvalue weighted by Gasteiger charge is 2.28. The topological polar surface area (TPSA) is 151 Å². The average Bonchev–Trinajstić information content (AvgIpc) is 3.44. The van der Waals surface area contributed by atoms with Crippen LogP contribution in [0, 0.1) is 0 Å². The van der Waals surface area contributed by atoms with Crippen molar-refractivity contribution in [3.8, 4) is 0 Å². The summed E-state index contributed by atoms with van der Waals surface area (Å²) in [6.07, 6.45) is 0.976. The Balaban J connectivity index is 1.58. The fourth-order valence-corrected chi connectivity index (χ4v) is 4.06. The van der Waals surface area contributed by atoms with E-state index in [-0.39, 0.29) is 6.04 Å². The zero-order valence-corrected chi connectivity index (χ0v) is 23.6. The number of hydrogen-bond donors (Lipinski definition) is 4. The van der Waals surface area contributed by atoms with E-state index in [0.717, 1.165) is 0 Å². The average molecular weight is 553 g/mol. The maximum atomic E-state index is 12.7. The highest BCUT2D eigenvalue weighted by Crippen LogP contribution is 2.27. The van der Waals surface area contributed by atoms with Crippen molar-refractivity contribution in [3.05, 3.63) is 42.6 Å². The number of nitrogens with one attached hydrogen (secondary N) is 4. The van der Waals surface area contributed by atoms with Gasteiger partial charge in [-0.05, 0) is 60.1 Å². The van der Waals surface area contributed by atoms with Crippen molar-refractivity contribution in [2.45, 2.75) is 65.2 Å². The second-order valence-corrected chi connectivity index (χ2v) is 11.4. The van der Waals surface area contributed by atoms with Crippen LogP contribution in [0.2, 0.25) is 0 Å². The van der Waals surface area contributed by atoms with Gasteiger partial charge in [0.2, 0.25) is 0 Å². The number of anilines is 4. The molecule has 0 aliphatic carbocycles. The first-order valence-electron chi connectivity index (χ1n) is 13.0. The van der Waals surface area contributed by atoms with Crippen LogP contribution in [0.1, 0.15) is 48.0 Å². The third-order valence-electron chi connectivity index (χ3n) is 5.60. The van der Waals surface area contributed by atoms with E-state index in [1.807, 2.05) is 43.9 Å². The van der Waals surface area contributed by atoms with Gasteiger partial charge in [-0.25, -0.2) is 19.4 Å². The molecule has 1 aromatic carbocycles. The normalized spacial score (nSPS) is 15.4. The van der Waals surface area contributed by atoms with Crippen molar-refractivity contribution in [1.82, 2.24) is 19.9 Å². The fourth-order valence-electron chi connectivity index (χ4n) is 4.06. The van der Waals surface area contributed by atoms with E-state index < -0.39 is 29.4 Å². The van der Waals surface area contributed by atoms with Crippen LogP contribution in [0.15, 0.2) is 42.6 Å². The Labute approximate surface area is 232 Å². The molecule has 3 aromatic rings. The molecule has 4 rings (SSSR count). The van der Waals surface area contributed by atoms with Crippen molar-refractivity contribution in [2.75, 3.05) is 33.9 Å². The van der Waals surface area contributed by atoms with Gasteiger partial charge in [-0.3, -0.25) is 5.32 Å². The van der Waals surface area contributed by atoms with E-state index in [9.17, 15) is 14.4 Å². The number of carbonyl (C=O) groups excluding carboxylic acids is 3. The minimum absolute atomic E-state index is 0.158. The minimum atomic E-state index is -0.707. The minimum Gasteiger partial charge on any atom is -0.444 e. The van der Waals surface area contributed by atoms with E-state index in [1.165, 1.54) is 10.7 Å². The number of rotatable bonds is 5. The Kier molecular flexibility index (Phi) is 8.03. The number of fused-ring (bicyclic) bond motifs is 1. The van der Waals surface area contributed by atoms with Gasteiger partial charge in [0.15, 0.2) is 5.65 Å². The molecule has 2 aromatic heterocycles. The molecular formula is C27H36N8O5. The molecule has 214 valence electrons. The lowest BCUT2D eigenvalue weighted by atomic mass is 10.2. The predicted molar refractivity (Wildman–Crippen MR) is 152 cm³/mol. The van der Waals surface area contributed by atoms with Crippen LogP contribution >= 0.6 is 0 Å². The van der Waals surface area contributed by atoms with Gasteiger partial charge < -0.3 is 30.3 Å². The number of amides is 4. The molecule has 13 nitrogen and oxygen atoms in total. The van der Waals surface area contributed by atoms with Gasteiger partial charge in [-0.2, -0.15) is 9.61 Å². The number of urea groups is 1. The molecule has 1 aliphatic rings. The first-order valence-corrected chi connectivity index (χ1v) is 13.0. The molecule has 3 heterocycles. The van der Waals surface area contributed by atoms with Gasteiger partial charge in [0.1, 0.15) is 28.5 Å². The summed E-state index contributed by atoms with van der Waals surface area (Å²) in [4.78, 5) is 44.3. The quantitative estimate of drug-likeness (QED) is 0.352. The number of benzene rings is 1. The molecule has 1 saturated heterocycles. The Morgan fingerprint density at radius 2 is 1.60 bits per heavy atom. The van der Waals surface area contributed by atoms with Crippen LogP contribution in [0.4, 0.5) is 37.4 Å². The second kappa shape index (κ2) is 11.3. The summed E-state index contributed by atoms with van der Waals surface area (Å²) >= 11 is 0. The number of aromatic nitrogens is 3. The molecule has 0 spiro atoms. The predicted octanol–water partition coefficient (Wildman–Crippen LogP) is 4.82. The summed E-state index contributed by atoms with van der Waals surface area (Å²) in [7, 11) is 0. The van der Waals surface area contributed by atoms with E-state index >= 15 is 0 Å². The first kappa shape index (κ1) is 28.5. The molecule has 40 heavy (non-hydrogen) atoms. The lowest BCUT2D eigenvalue weighted by Crippen LogP contribution is -2.40. The van der Waals surface area contributed by atoms with E-state index in [4.69, 9.17) is 14.5 Å². The molecule has 1 fully saturated rings. The van der Waals surface area contributed by atoms with Crippen LogP contribution in [0.5, 0.6) is 0 Å². The number of para-hydroxylation sites is 1. The molecule has 4 N–H and O–H groups in total. The van der Waals surface area contributed by atoms with Gasteiger partial charge in [0.05, 0.1) is 12.2 Å². The SMILES string of the molecule is CC(C)(C)OC(=O)Nc1cc(N2CC[C@H](NC(=O)OC(C)(C)C)C2)nc2c(NC(=O)Nc3ccccc3)cnn12. The number of hydrogen-bond acceptors (Lipinski definition) is 8. The molecule has 1 aliphatic heterocycles. The molecule has 13 heteroatoms. The zero-order chi connectivity index (χ0) is 29.1.